The highest BCUT2D eigenvalue weighted by molar-refractivity contribution is 5.89. The van der Waals surface area contributed by atoms with Gasteiger partial charge in [0.15, 0.2) is 0 Å². The molecule has 22 heavy (non-hydrogen) atoms. The lowest BCUT2D eigenvalue weighted by molar-refractivity contribution is -0.114. The Balaban J connectivity index is 1.89. The number of benzene rings is 1. The second-order valence-corrected chi connectivity index (χ2v) is 5.71. The third-order valence-electron chi connectivity index (χ3n) is 3.85. The van der Waals surface area contributed by atoms with Gasteiger partial charge in [-0.25, -0.2) is 9.97 Å². The molecule has 1 aromatic heterocycles. The van der Waals surface area contributed by atoms with E-state index in [9.17, 15) is 4.79 Å². The Morgan fingerprint density at radius 1 is 1.27 bits per heavy atom. The lowest BCUT2D eigenvalue weighted by atomic mass is 9.97. The summed E-state index contributed by atoms with van der Waals surface area (Å²) in [6.07, 6.45) is 0.897. The molecule has 0 saturated heterocycles. The van der Waals surface area contributed by atoms with Crippen LogP contribution in [-0.2, 0) is 17.8 Å². The van der Waals surface area contributed by atoms with Crippen molar-refractivity contribution >= 4 is 17.4 Å². The molecule has 5 heteroatoms. The van der Waals surface area contributed by atoms with E-state index in [1.165, 1.54) is 11.1 Å². The molecule has 0 saturated carbocycles. The third kappa shape index (κ3) is 2.93. The molecule has 0 aliphatic carbocycles. The van der Waals surface area contributed by atoms with Gasteiger partial charge < -0.3 is 10.2 Å². The van der Waals surface area contributed by atoms with E-state index in [0.29, 0.717) is 0 Å². The minimum absolute atomic E-state index is 0.0297. The van der Waals surface area contributed by atoms with E-state index in [-0.39, 0.29) is 5.91 Å². The van der Waals surface area contributed by atoms with Crippen LogP contribution in [0.25, 0.3) is 0 Å². The van der Waals surface area contributed by atoms with Crippen molar-refractivity contribution < 1.29 is 4.79 Å². The number of fused-ring (bicyclic) bond motifs is 1. The van der Waals surface area contributed by atoms with Crippen LogP contribution in [0.3, 0.4) is 0 Å². The molecule has 0 radical (unpaired) electrons. The zero-order chi connectivity index (χ0) is 15.7. The maximum Gasteiger partial charge on any atom is 0.221 e. The summed E-state index contributed by atoms with van der Waals surface area (Å²) < 4.78 is 0. The minimum atomic E-state index is -0.0297. The molecular weight excluding hydrogens is 276 g/mol. The fraction of sp³-hybridized carbons (Fsp3) is 0.353. The molecule has 1 N–H and O–H groups in total. The lowest BCUT2D eigenvalue weighted by Gasteiger charge is -2.31. The number of aryl methyl sites for hydroxylation is 2. The van der Waals surface area contributed by atoms with Crippen molar-refractivity contribution in [3.05, 3.63) is 46.9 Å². The molecule has 2 heterocycles. The molecule has 1 aliphatic rings. The van der Waals surface area contributed by atoms with E-state index < -0.39 is 0 Å². The number of hydrogen-bond donors (Lipinski definition) is 1. The second kappa shape index (κ2) is 5.75. The molecule has 1 aromatic carbocycles. The number of carbonyl (C=O) groups is 1. The molecule has 0 fully saturated rings. The summed E-state index contributed by atoms with van der Waals surface area (Å²) in [7, 11) is 0. The van der Waals surface area contributed by atoms with Crippen LogP contribution in [0.15, 0.2) is 24.3 Å². The first-order valence-corrected chi connectivity index (χ1v) is 7.48. The van der Waals surface area contributed by atoms with Crippen LogP contribution in [0.2, 0.25) is 0 Å². The Morgan fingerprint density at radius 3 is 2.82 bits per heavy atom. The molecular formula is C17H20N4O. The number of rotatable bonds is 2. The van der Waals surface area contributed by atoms with Crippen LogP contribution in [0.5, 0.6) is 0 Å². The van der Waals surface area contributed by atoms with E-state index >= 15 is 0 Å². The Morgan fingerprint density at radius 2 is 2.09 bits per heavy atom. The van der Waals surface area contributed by atoms with Gasteiger partial charge in [0.2, 0.25) is 5.91 Å². The molecule has 2 aromatic rings. The van der Waals surface area contributed by atoms with Gasteiger partial charge in [-0.15, -0.1) is 0 Å². The first-order valence-electron chi connectivity index (χ1n) is 7.48. The van der Waals surface area contributed by atoms with Crippen LogP contribution in [0, 0.1) is 13.8 Å². The van der Waals surface area contributed by atoms with Crippen molar-refractivity contribution in [2.45, 2.75) is 33.7 Å². The van der Waals surface area contributed by atoms with Crippen molar-refractivity contribution in [3.8, 4) is 0 Å². The molecule has 5 nitrogen and oxygen atoms in total. The van der Waals surface area contributed by atoms with Gasteiger partial charge in [0.1, 0.15) is 11.6 Å². The number of anilines is 2. The second-order valence-electron chi connectivity index (χ2n) is 5.71. The summed E-state index contributed by atoms with van der Waals surface area (Å²) in [5.74, 6) is 1.74. The lowest BCUT2D eigenvalue weighted by Crippen LogP contribution is -2.32. The van der Waals surface area contributed by atoms with E-state index in [0.717, 1.165) is 42.5 Å². The fourth-order valence-corrected chi connectivity index (χ4v) is 2.97. The van der Waals surface area contributed by atoms with Gasteiger partial charge in [-0.05, 0) is 37.5 Å². The quantitative estimate of drug-likeness (QED) is 0.925. The maximum absolute atomic E-state index is 11.3. The number of hydrogen-bond acceptors (Lipinski definition) is 4. The summed E-state index contributed by atoms with van der Waals surface area (Å²) in [6, 6.07) is 8.10. The van der Waals surface area contributed by atoms with Crippen LogP contribution >= 0.6 is 0 Å². The summed E-state index contributed by atoms with van der Waals surface area (Å²) in [5, 5.41) is 2.92. The number of nitrogens with one attached hydrogen (secondary N) is 1. The molecule has 1 aliphatic heterocycles. The minimum Gasteiger partial charge on any atom is -0.352 e. The number of aromatic nitrogens is 2. The molecule has 0 unspecified atom stereocenters. The van der Waals surface area contributed by atoms with Gasteiger partial charge >= 0.3 is 0 Å². The molecule has 114 valence electrons. The normalized spacial score (nSPS) is 13.7. The fourth-order valence-electron chi connectivity index (χ4n) is 2.97. The zero-order valence-corrected chi connectivity index (χ0v) is 13.2. The topological polar surface area (TPSA) is 58.1 Å². The van der Waals surface area contributed by atoms with Crippen molar-refractivity contribution in [3.63, 3.8) is 0 Å². The van der Waals surface area contributed by atoms with Gasteiger partial charge in [0.05, 0.1) is 0 Å². The van der Waals surface area contributed by atoms with E-state index in [1.807, 2.05) is 32.0 Å². The van der Waals surface area contributed by atoms with Gasteiger partial charge in [0, 0.05) is 37.5 Å². The number of nitrogens with zero attached hydrogens (tertiary/aromatic N) is 3. The highest BCUT2D eigenvalue weighted by Crippen LogP contribution is 2.28. The molecule has 0 bridgehead atoms. The van der Waals surface area contributed by atoms with Gasteiger partial charge in [-0.1, -0.05) is 12.1 Å². The van der Waals surface area contributed by atoms with E-state index in [4.69, 9.17) is 0 Å². The van der Waals surface area contributed by atoms with Crippen molar-refractivity contribution in [1.29, 1.82) is 0 Å². The molecule has 3 rings (SSSR count). The summed E-state index contributed by atoms with van der Waals surface area (Å²) in [5.41, 5.74) is 4.39. The molecule has 0 spiro atoms. The largest absolute Gasteiger partial charge is 0.352 e. The maximum atomic E-state index is 11.3. The predicted molar refractivity (Wildman–Crippen MR) is 87.0 cm³/mol. The molecule has 0 atom stereocenters. The summed E-state index contributed by atoms with van der Waals surface area (Å²) >= 11 is 0. The van der Waals surface area contributed by atoms with Gasteiger partial charge in [-0.3, -0.25) is 4.79 Å². The average molecular weight is 296 g/mol. The Kier molecular flexibility index (Phi) is 3.79. The van der Waals surface area contributed by atoms with Gasteiger partial charge in [0.25, 0.3) is 0 Å². The van der Waals surface area contributed by atoms with Crippen LogP contribution in [0.4, 0.5) is 11.5 Å². The van der Waals surface area contributed by atoms with E-state index in [2.05, 4.69) is 26.3 Å². The standard InChI is InChI=1S/C17H20N4O/c1-11-9-17(19-12(2)18-11)21-8-7-15-14(10-21)5-4-6-16(15)20-13(3)22/h4-6,9H,7-8,10H2,1-3H3,(H,20,22). The van der Waals surface area contributed by atoms with Crippen molar-refractivity contribution in [1.82, 2.24) is 9.97 Å². The smallest absolute Gasteiger partial charge is 0.221 e. The number of amides is 1. The third-order valence-corrected chi connectivity index (χ3v) is 3.85. The Labute approximate surface area is 130 Å². The van der Waals surface area contributed by atoms with Crippen molar-refractivity contribution in [2.75, 3.05) is 16.8 Å². The predicted octanol–water partition coefficient (Wildman–Crippen LogP) is 2.61. The highest BCUT2D eigenvalue weighted by Gasteiger charge is 2.20. The Hall–Kier alpha value is -2.43. The van der Waals surface area contributed by atoms with E-state index in [1.54, 1.807) is 6.92 Å². The van der Waals surface area contributed by atoms with Crippen LogP contribution in [-0.4, -0.2) is 22.4 Å². The van der Waals surface area contributed by atoms with Crippen molar-refractivity contribution in [2.24, 2.45) is 0 Å². The average Bonchev–Trinajstić information content (AvgIpc) is 2.45. The molecule has 1 amide bonds. The first kappa shape index (κ1) is 14.5. The first-order chi connectivity index (χ1) is 10.5. The summed E-state index contributed by atoms with van der Waals surface area (Å²) in [4.78, 5) is 22.5. The SMILES string of the molecule is CC(=O)Nc1cccc2c1CCN(c1cc(C)nc(C)n1)C2. The number of carbonyl (C=O) groups excluding carboxylic acids is 1. The monoisotopic (exact) mass is 296 g/mol. The zero-order valence-electron chi connectivity index (χ0n) is 13.2. The summed E-state index contributed by atoms with van der Waals surface area (Å²) in [6.45, 7) is 7.15. The van der Waals surface area contributed by atoms with Gasteiger partial charge in [-0.2, -0.15) is 0 Å². The highest BCUT2D eigenvalue weighted by atomic mass is 16.1. The van der Waals surface area contributed by atoms with Crippen LogP contribution in [0.1, 0.15) is 29.6 Å². The van der Waals surface area contributed by atoms with Crippen LogP contribution < -0.4 is 10.2 Å². The Bertz CT molecular complexity index is 706.